The lowest BCUT2D eigenvalue weighted by Gasteiger charge is -2.03. The van der Waals surface area contributed by atoms with E-state index in [1.165, 1.54) is 6.07 Å². The third-order valence-corrected chi connectivity index (χ3v) is 2.81. The second-order valence-electron chi connectivity index (χ2n) is 3.34. The maximum absolute atomic E-state index is 11.3. The first-order valence-electron chi connectivity index (χ1n) is 4.59. The van der Waals surface area contributed by atoms with Gasteiger partial charge in [0, 0.05) is 11.6 Å². The number of hydrogen-bond donors (Lipinski definition) is 1. The van der Waals surface area contributed by atoms with E-state index in [1.807, 2.05) is 0 Å². The zero-order valence-electron chi connectivity index (χ0n) is 8.42. The Labute approximate surface area is 102 Å². The monoisotopic (exact) mass is 254 g/mol. The number of aromatic amines is 1. The molecule has 0 unspecified atom stereocenters. The van der Waals surface area contributed by atoms with Gasteiger partial charge in [-0.05, 0) is 19.1 Å². The molecule has 2 rings (SSSR count). The molecule has 82 valence electrons. The van der Waals surface area contributed by atoms with Crippen molar-refractivity contribution in [2.75, 3.05) is 0 Å². The first-order valence-corrected chi connectivity index (χ1v) is 5.35. The average Bonchev–Trinajstić information content (AvgIpc) is 2.20. The van der Waals surface area contributed by atoms with Gasteiger partial charge in [-0.15, -0.1) is 0 Å². The van der Waals surface area contributed by atoms with Crippen molar-refractivity contribution in [2.24, 2.45) is 0 Å². The van der Waals surface area contributed by atoms with Gasteiger partial charge in [0.1, 0.15) is 5.82 Å². The largest absolute Gasteiger partial charge is 0.311 e. The van der Waals surface area contributed by atoms with Gasteiger partial charge in [0.05, 0.1) is 15.7 Å². The van der Waals surface area contributed by atoms with Crippen molar-refractivity contribution in [1.29, 1.82) is 0 Å². The standard InChI is InChI=1S/C11H8Cl2N2O/c1-6-14-10(5-11(16)15-6)7-2-3-8(12)9(13)4-7/h2-5H,1H3,(H,14,15,16). The Hall–Kier alpha value is -1.32. The summed E-state index contributed by atoms with van der Waals surface area (Å²) in [6.07, 6.45) is 0. The molecule has 16 heavy (non-hydrogen) atoms. The number of H-pyrrole nitrogens is 1. The fourth-order valence-electron chi connectivity index (χ4n) is 1.38. The number of benzene rings is 1. The molecular formula is C11H8Cl2N2O. The Bertz CT molecular complexity index is 593. The minimum atomic E-state index is -0.187. The van der Waals surface area contributed by atoms with Gasteiger partial charge in [0.2, 0.25) is 0 Å². The Balaban J connectivity index is 2.58. The highest BCUT2D eigenvalue weighted by molar-refractivity contribution is 6.42. The zero-order chi connectivity index (χ0) is 11.7. The van der Waals surface area contributed by atoms with E-state index in [4.69, 9.17) is 23.2 Å². The fraction of sp³-hybridized carbons (Fsp3) is 0.0909. The van der Waals surface area contributed by atoms with Crippen LogP contribution in [0.5, 0.6) is 0 Å². The third kappa shape index (κ3) is 2.26. The lowest BCUT2D eigenvalue weighted by molar-refractivity contribution is 1.02. The van der Waals surface area contributed by atoms with Gasteiger partial charge in [0.15, 0.2) is 0 Å². The van der Waals surface area contributed by atoms with E-state index in [0.717, 1.165) is 5.56 Å². The molecule has 0 bridgehead atoms. The molecule has 5 heteroatoms. The number of nitrogens with one attached hydrogen (secondary N) is 1. The lowest BCUT2D eigenvalue weighted by Crippen LogP contribution is -2.08. The molecule has 0 spiro atoms. The Kier molecular flexibility index (Phi) is 2.99. The zero-order valence-corrected chi connectivity index (χ0v) is 9.93. The van der Waals surface area contributed by atoms with Crippen molar-refractivity contribution in [3.05, 3.63) is 50.5 Å². The molecule has 0 amide bonds. The first kappa shape index (κ1) is 11.2. The smallest absolute Gasteiger partial charge is 0.251 e. The molecule has 1 N–H and O–H groups in total. The second kappa shape index (κ2) is 4.28. The van der Waals surface area contributed by atoms with Gasteiger partial charge >= 0.3 is 0 Å². The van der Waals surface area contributed by atoms with Crippen LogP contribution in [-0.4, -0.2) is 9.97 Å². The Morgan fingerprint density at radius 2 is 1.94 bits per heavy atom. The van der Waals surface area contributed by atoms with E-state index in [2.05, 4.69) is 9.97 Å². The van der Waals surface area contributed by atoms with E-state index in [-0.39, 0.29) is 5.56 Å². The molecule has 2 aromatic rings. The van der Waals surface area contributed by atoms with Crippen molar-refractivity contribution in [3.63, 3.8) is 0 Å². The van der Waals surface area contributed by atoms with Gasteiger partial charge in [-0.25, -0.2) is 4.98 Å². The summed E-state index contributed by atoms with van der Waals surface area (Å²) in [6.45, 7) is 1.72. The molecule has 0 aliphatic carbocycles. The molecule has 3 nitrogen and oxygen atoms in total. The molecule has 0 saturated heterocycles. The van der Waals surface area contributed by atoms with E-state index < -0.39 is 0 Å². The number of aryl methyl sites for hydroxylation is 1. The van der Waals surface area contributed by atoms with Crippen LogP contribution in [0.2, 0.25) is 10.0 Å². The maximum Gasteiger partial charge on any atom is 0.251 e. The molecule has 0 aliphatic rings. The van der Waals surface area contributed by atoms with Gasteiger partial charge in [-0.1, -0.05) is 29.3 Å². The topological polar surface area (TPSA) is 45.8 Å². The van der Waals surface area contributed by atoms with E-state index in [9.17, 15) is 4.79 Å². The summed E-state index contributed by atoms with van der Waals surface area (Å²) < 4.78 is 0. The molecule has 0 atom stereocenters. The summed E-state index contributed by atoms with van der Waals surface area (Å²) in [6, 6.07) is 6.56. The molecule has 0 fully saturated rings. The molecule has 0 radical (unpaired) electrons. The molecule has 1 heterocycles. The van der Waals surface area contributed by atoms with E-state index in [0.29, 0.717) is 21.6 Å². The van der Waals surface area contributed by atoms with Gasteiger partial charge < -0.3 is 4.98 Å². The van der Waals surface area contributed by atoms with E-state index >= 15 is 0 Å². The highest BCUT2D eigenvalue weighted by Gasteiger charge is 2.04. The number of hydrogen-bond acceptors (Lipinski definition) is 2. The second-order valence-corrected chi connectivity index (χ2v) is 4.16. The Morgan fingerprint density at radius 1 is 1.19 bits per heavy atom. The summed E-state index contributed by atoms with van der Waals surface area (Å²) in [5.41, 5.74) is 1.16. The van der Waals surface area contributed by atoms with Crippen LogP contribution in [0.1, 0.15) is 5.82 Å². The molecular weight excluding hydrogens is 247 g/mol. The predicted molar refractivity (Wildman–Crippen MR) is 65.1 cm³/mol. The summed E-state index contributed by atoms with van der Waals surface area (Å²) in [7, 11) is 0. The summed E-state index contributed by atoms with van der Waals surface area (Å²) in [5.74, 6) is 0.563. The lowest BCUT2D eigenvalue weighted by atomic mass is 10.1. The predicted octanol–water partition coefficient (Wildman–Crippen LogP) is 3.05. The van der Waals surface area contributed by atoms with Gasteiger partial charge in [-0.2, -0.15) is 0 Å². The van der Waals surface area contributed by atoms with Crippen LogP contribution < -0.4 is 5.56 Å². The van der Waals surface area contributed by atoms with Crippen LogP contribution in [0, 0.1) is 6.92 Å². The highest BCUT2D eigenvalue weighted by atomic mass is 35.5. The quantitative estimate of drug-likeness (QED) is 0.851. The van der Waals surface area contributed by atoms with Crippen LogP contribution in [0.3, 0.4) is 0 Å². The average molecular weight is 255 g/mol. The van der Waals surface area contributed by atoms with Gasteiger partial charge in [0.25, 0.3) is 5.56 Å². The molecule has 1 aromatic heterocycles. The van der Waals surface area contributed by atoms with Crippen LogP contribution in [0.4, 0.5) is 0 Å². The van der Waals surface area contributed by atoms with Crippen LogP contribution >= 0.6 is 23.2 Å². The summed E-state index contributed by atoms with van der Waals surface area (Å²) >= 11 is 11.7. The number of rotatable bonds is 1. The Morgan fingerprint density at radius 3 is 2.56 bits per heavy atom. The minimum Gasteiger partial charge on any atom is -0.311 e. The highest BCUT2D eigenvalue weighted by Crippen LogP contribution is 2.26. The minimum absolute atomic E-state index is 0.187. The first-order chi connectivity index (χ1) is 7.56. The SMILES string of the molecule is Cc1nc(-c2ccc(Cl)c(Cl)c2)cc(=O)[nH]1. The summed E-state index contributed by atoms with van der Waals surface area (Å²) in [4.78, 5) is 18.1. The molecule has 0 saturated carbocycles. The number of nitrogens with zero attached hydrogens (tertiary/aromatic N) is 1. The van der Waals surface area contributed by atoms with Gasteiger partial charge in [-0.3, -0.25) is 4.79 Å². The molecule has 0 aliphatic heterocycles. The van der Waals surface area contributed by atoms with Crippen molar-refractivity contribution in [1.82, 2.24) is 9.97 Å². The number of halogens is 2. The maximum atomic E-state index is 11.3. The van der Waals surface area contributed by atoms with Crippen molar-refractivity contribution in [3.8, 4) is 11.3 Å². The number of aromatic nitrogens is 2. The molecule has 1 aromatic carbocycles. The van der Waals surface area contributed by atoms with Crippen molar-refractivity contribution >= 4 is 23.2 Å². The third-order valence-electron chi connectivity index (χ3n) is 2.08. The fourth-order valence-corrected chi connectivity index (χ4v) is 1.68. The summed E-state index contributed by atoms with van der Waals surface area (Å²) in [5, 5.41) is 0.922. The normalized spacial score (nSPS) is 10.4. The van der Waals surface area contributed by atoms with Crippen LogP contribution in [-0.2, 0) is 0 Å². The van der Waals surface area contributed by atoms with Crippen LogP contribution in [0.25, 0.3) is 11.3 Å². The van der Waals surface area contributed by atoms with E-state index in [1.54, 1.807) is 25.1 Å². The van der Waals surface area contributed by atoms with Crippen LogP contribution in [0.15, 0.2) is 29.1 Å². The van der Waals surface area contributed by atoms with Crippen molar-refractivity contribution in [2.45, 2.75) is 6.92 Å². The van der Waals surface area contributed by atoms with Crippen molar-refractivity contribution < 1.29 is 0 Å².